The molecule has 1 fully saturated rings. The number of piperidine rings is 1. The van der Waals surface area contributed by atoms with Gasteiger partial charge < -0.3 is 14.2 Å². The molecule has 1 saturated heterocycles. The molecule has 1 aromatic heterocycles. The third-order valence-electron chi connectivity index (χ3n) is 4.10. The minimum absolute atomic E-state index is 0.277. The third kappa shape index (κ3) is 2.15. The molecule has 0 amide bonds. The summed E-state index contributed by atoms with van der Waals surface area (Å²) in [6, 6.07) is 6.32. The van der Waals surface area contributed by atoms with E-state index in [2.05, 4.69) is 17.0 Å². The molecule has 4 nitrogen and oxygen atoms in total. The summed E-state index contributed by atoms with van der Waals surface area (Å²) in [5.74, 6) is -0.277. The predicted molar refractivity (Wildman–Crippen MR) is 80.3 cm³/mol. The average molecular weight is 272 g/mol. The number of fused-ring (bicyclic) bond motifs is 1. The summed E-state index contributed by atoms with van der Waals surface area (Å²) in [4.78, 5) is 14.2. The molecule has 4 heteroatoms. The normalized spacial score (nSPS) is 15.6. The Bertz CT molecular complexity index is 639. The summed E-state index contributed by atoms with van der Waals surface area (Å²) in [5, 5.41) is 0.958. The van der Waals surface area contributed by atoms with Crippen molar-refractivity contribution in [2.75, 3.05) is 25.1 Å². The summed E-state index contributed by atoms with van der Waals surface area (Å²) in [6.45, 7) is 2.25. The van der Waals surface area contributed by atoms with Crippen LogP contribution in [0.5, 0.6) is 0 Å². The van der Waals surface area contributed by atoms with Crippen LogP contribution in [-0.4, -0.2) is 30.7 Å². The van der Waals surface area contributed by atoms with E-state index in [-0.39, 0.29) is 5.97 Å². The van der Waals surface area contributed by atoms with Crippen LogP contribution >= 0.6 is 0 Å². The average Bonchev–Trinajstić information content (AvgIpc) is 2.84. The first kappa shape index (κ1) is 13.0. The van der Waals surface area contributed by atoms with Crippen molar-refractivity contribution >= 4 is 22.6 Å². The predicted octanol–water partition coefficient (Wildman–Crippen LogP) is 2.96. The number of aryl methyl sites for hydroxylation is 1. The van der Waals surface area contributed by atoms with Gasteiger partial charge in [0.25, 0.3) is 0 Å². The number of nitrogens with zero attached hydrogens (tertiary/aromatic N) is 2. The zero-order valence-corrected chi connectivity index (χ0v) is 12.1. The smallest absolute Gasteiger partial charge is 0.340 e. The quantitative estimate of drug-likeness (QED) is 0.788. The van der Waals surface area contributed by atoms with Crippen LogP contribution in [0.25, 0.3) is 10.9 Å². The van der Waals surface area contributed by atoms with Crippen LogP contribution in [0, 0.1) is 0 Å². The molecule has 1 aliphatic rings. The second-order valence-electron chi connectivity index (χ2n) is 5.39. The SMILES string of the molecule is COC(=O)c1cn(C)c2cc(N3CCCCC3)ccc12. The molecule has 0 saturated carbocycles. The molecule has 20 heavy (non-hydrogen) atoms. The van der Waals surface area contributed by atoms with Gasteiger partial charge in [-0.05, 0) is 37.5 Å². The molecular weight excluding hydrogens is 252 g/mol. The minimum Gasteiger partial charge on any atom is -0.465 e. The van der Waals surface area contributed by atoms with Crippen LogP contribution < -0.4 is 4.90 Å². The van der Waals surface area contributed by atoms with Gasteiger partial charge in [0.15, 0.2) is 0 Å². The Balaban J connectivity index is 2.03. The Morgan fingerprint density at radius 2 is 1.95 bits per heavy atom. The maximum atomic E-state index is 11.8. The Morgan fingerprint density at radius 3 is 2.65 bits per heavy atom. The summed E-state index contributed by atoms with van der Waals surface area (Å²) in [5.41, 5.74) is 2.96. The Kier molecular flexibility index (Phi) is 3.38. The first-order valence-corrected chi connectivity index (χ1v) is 7.13. The number of carbonyl (C=O) groups excluding carboxylic acids is 1. The monoisotopic (exact) mass is 272 g/mol. The lowest BCUT2D eigenvalue weighted by Gasteiger charge is -2.28. The number of anilines is 1. The van der Waals surface area contributed by atoms with E-state index in [1.165, 1.54) is 32.1 Å². The highest BCUT2D eigenvalue weighted by atomic mass is 16.5. The molecule has 0 spiro atoms. The minimum atomic E-state index is -0.277. The topological polar surface area (TPSA) is 34.5 Å². The lowest BCUT2D eigenvalue weighted by Crippen LogP contribution is -2.29. The zero-order valence-electron chi connectivity index (χ0n) is 12.1. The van der Waals surface area contributed by atoms with Gasteiger partial charge in [0.05, 0.1) is 18.2 Å². The highest BCUT2D eigenvalue weighted by Crippen LogP contribution is 2.28. The molecule has 2 aromatic rings. The number of methoxy groups -OCH3 is 1. The molecular formula is C16H20N2O2. The number of benzene rings is 1. The first-order chi connectivity index (χ1) is 9.70. The van der Waals surface area contributed by atoms with Crippen molar-refractivity contribution in [3.05, 3.63) is 30.0 Å². The maximum Gasteiger partial charge on any atom is 0.340 e. The molecule has 1 aliphatic heterocycles. The van der Waals surface area contributed by atoms with E-state index in [4.69, 9.17) is 4.74 Å². The molecule has 0 atom stereocenters. The van der Waals surface area contributed by atoms with Gasteiger partial charge in [0.2, 0.25) is 0 Å². The lowest BCUT2D eigenvalue weighted by atomic mass is 10.1. The van der Waals surface area contributed by atoms with Crippen molar-refractivity contribution in [2.24, 2.45) is 7.05 Å². The first-order valence-electron chi connectivity index (χ1n) is 7.13. The van der Waals surface area contributed by atoms with Crippen molar-refractivity contribution in [3.63, 3.8) is 0 Å². The van der Waals surface area contributed by atoms with Crippen LogP contribution in [0.4, 0.5) is 5.69 Å². The van der Waals surface area contributed by atoms with Crippen LogP contribution in [0.3, 0.4) is 0 Å². The fourth-order valence-corrected chi connectivity index (χ4v) is 2.99. The van der Waals surface area contributed by atoms with E-state index < -0.39 is 0 Å². The summed E-state index contributed by atoms with van der Waals surface area (Å²) >= 11 is 0. The molecule has 0 bridgehead atoms. The Morgan fingerprint density at radius 1 is 1.20 bits per heavy atom. The van der Waals surface area contributed by atoms with E-state index in [0.29, 0.717) is 5.56 Å². The van der Waals surface area contributed by atoms with Crippen LogP contribution in [0.2, 0.25) is 0 Å². The number of rotatable bonds is 2. The van der Waals surface area contributed by atoms with Gasteiger partial charge in [-0.3, -0.25) is 0 Å². The number of hydrogen-bond donors (Lipinski definition) is 0. The Hall–Kier alpha value is -1.97. The summed E-state index contributed by atoms with van der Waals surface area (Å²) in [6.07, 6.45) is 5.70. The fraction of sp³-hybridized carbons (Fsp3) is 0.438. The van der Waals surface area contributed by atoms with Gasteiger partial charge in [0.1, 0.15) is 0 Å². The standard InChI is InChI=1S/C16H20N2O2/c1-17-11-14(16(19)20-2)13-7-6-12(10-15(13)17)18-8-4-3-5-9-18/h6-7,10-11H,3-5,8-9H2,1-2H3. The van der Waals surface area contributed by atoms with Crippen LogP contribution in [-0.2, 0) is 11.8 Å². The van der Waals surface area contributed by atoms with Crippen molar-refractivity contribution < 1.29 is 9.53 Å². The van der Waals surface area contributed by atoms with Crippen molar-refractivity contribution in [3.8, 4) is 0 Å². The van der Waals surface area contributed by atoms with Gasteiger partial charge in [0, 0.05) is 37.4 Å². The van der Waals surface area contributed by atoms with Gasteiger partial charge in [-0.25, -0.2) is 4.79 Å². The number of esters is 1. The largest absolute Gasteiger partial charge is 0.465 e. The molecule has 1 aromatic carbocycles. The number of aromatic nitrogens is 1. The highest BCUT2D eigenvalue weighted by Gasteiger charge is 2.16. The van der Waals surface area contributed by atoms with Crippen molar-refractivity contribution in [1.29, 1.82) is 0 Å². The lowest BCUT2D eigenvalue weighted by molar-refractivity contribution is 0.0603. The number of ether oxygens (including phenoxy) is 1. The molecule has 3 rings (SSSR count). The van der Waals surface area contributed by atoms with Gasteiger partial charge >= 0.3 is 5.97 Å². The van der Waals surface area contributed by atoms with E-state index in [9.17, 15) is 4.79 Å². The van der Waals surface area contributed by atoms with Gasteiger partial charge in [-0.1, -0.05) is 0 Å². The van der Waals surface area contributed by atoms with Crippen LogP contribution in [0.15, 0.2) is 24.4 Å². The van der Waals surface area contributed by atoms with E-state index in [1.54, 1.807) is 0 Å². The zero-order chi connectivity index (χ0) is 14.1. The Labute approximate surface area is 118 Å². The number of carbonyl (C=O) groups is 1. The molecule has 0 N–H and O–H groups in total. The van der Waals surface area contributed by atoms with Crippen LogP contribution in [0.1, 0.15) is 29.6 Å². The molecule has 0 unspecified atom stereocenters. The summed E-state index contributed by atoms with van der Waals surface area (Å²) < 4.78 is 6.84. The fourth-order valence-electron chi connectivity index (χ4n) is 2.99. The van der Waals surface area contributed by atoms with Gasteiger partial charge in [-0.15, -0.1) is 0 Å². The van der Waals surface area contributed by atoms with E-state index >= 15 is 0 Å². The van der Waals surface area contributed by atoms with Crippen molar-refractivity contribution in [1.82, 2.24) is 4.57 Å². The van der Waals surface area contributed by atoms with E-state index in [0.717, 1.165) is 24.0 Å². The maximum absolute atomic E-state index is 11.8. The second kappa shape index (κ2) is 5.19. The second-order valence-corrected chi connectivity index (χ2v) is 5.39. The highest BCUT2D eigenvalue weighted by molar-refractivity contribution is 6.05. The van der Waals surface area contributed by atoms with Crippen molar-refractivity contribution in [2.45, 2.75) is 19.3 Å². The van der Waals surface area contributed by atoms with E-state index in [1.807, 2.05) is 23.9 Å². The molecule has 106 valence electrons. The molecule has 2 heterocycles. The van der Waals surface area contributed by atoms with Gasteiger partial charge in [-0.2, -0.15) is 0 Å². The third-order valence-corrected chi connectivity index (χ3v) is 4.10. The molecule has 0 aliphatic carbocycles. The number of hydrogen-bond acceptors (Lipinski definition) is 3. The summed E-state index contributed by atoms with van der Waals surface area (Å²) in [7, 11) is 3.39. The molecule has 0 radical (unpaired) electrons.